The number of Topliss-reactive ketones (excluding diaryl/α,β-unsaturated/α-hetero) is 1. The number of ketones is 1. The molecule has 74 valence electrons. The van der Waals surface area contributed by atoms with E-state index in [4.69, 9.17) is 0 Å². The Balaban J connectivity index is 1.85. The average molecular weight is 207 g/mol. The molecule has 3 heteroatoms. The molecular formula is C11H13NOS. The third kappa shape index (κ3) is 2.35. The molecule has 1 aliphatic heterocycles. The van der Waals surface area contributed by atoms with Gasteiger partial charge in [0.2, 0.25) is 0 Å². The highest BCUT2D eigenvalue weighted by Crippen LogP contribution is 2.23. The molecule has 0 aromatic carbocycles. The Bertz CT molecular complexity index is 312. The minimum atomic E-state index is 0.280. The lowest BCUT2D eigenvalue weighted by molar-refractivity contribution is -0.119. The lowest BCUT2D eigenvalue weighted by Gasteiger charge is -2.05. The van der Waals surface area contributed by atoms with E-state index in [9.17, 15) is 4.79 Å². The summed E-state index contributed by atoms with van der Waals surface area (Å²) in [7, 11) is 0. The zero-order valence-electron chi connectivity index (χ0n) is 7.98. The van der Waals surface area contributed by atoms with E-state index < -0.39 is 0 Å². The van der Waals surface area contributed by atoms with Crippen molar-refractivity contribution < 1.29 is 4.79 Å². The summed E-state index contributed by atoms with van der Waals surface area (Å²) in [5.41, 5.74) is 1.09. The number of carbonyl (C=O) groups excluding carboxylic acids is 1. The normalized spacial score (nSPS) is 21.4. The van der Waals surface area contributed by atoms with Crippen LogP contribution in [0.15, 0.2) is 24.4 Å². The molecule has 2 nitrogen and oxygen atoms in total. The molecule has 1 atom stereocenters. The lowest BCUT2D eigenvalue weighted by atomic mass is 10.0. The second kappa shape index (κ2) is 4.60. The first kappa shape index (κ1) is 9.71. The van der Waals surface area contributed by atoms with Crippen molar-refractivity contribution in [3.05, 3.63) is 30.1 Å². The van der Waals surface area contributed by atoms with Gasteiger partial charge in [-0.1, -0.05) is 6.07 Å². The number of carbonyl (C=O) groups is 1. The first-order chi connectivity index (χ1) is 6.86. The molecule has 0 spiro atoms. The molecule has 14 heavy (non-hydrogen) atoms. The van der Waals surface area contributed by atoms with Crippen LogP contribution in [0.3, 0.4) is 0 Å². The van der Waals surface area contributed by atoms with Gasteiger partial charge in [0, 0.05) is 23.6 Å². The highest BCUT2D eigenvalue weighted by Gasteiger charge is 2.24. The van der Waals surface area contributed by atoms with Crippen LogP contribution < -0.4 is 0 Å². The number of hydrogen-bond acceptors (Lipinski definition) is 3. The molecule has 1 fully saturated rings. The largest absolute Gasteiger partial charge is 0.298 e. The van der Waals surface area contributed by atoms with Crippen LogP contribution >= 0.6 is 11.8 Å². The maximum Gasteiger partial charge on any atom is 0.146 e. The van der Waals surface area contributed by atoms with E-state index in [0.29, 0.717) is 11.5 Å². The first-order valence-electron chi connectivity index (χ1n) is 4.86. The lowest BCUT2D eigenvalue weighted by Crippen LogP contribution is -2.12. The molecule has 0 N–H and O–H groups in total. The molecule has 0 radical (unpaired) electrons. The fourth-order valence-electron chi connectivity index (χ4n) is 1.63. The van der Waals surface area contributed by atoms with Gasteiger partial charge in [-0.25, -0.2) is 0 Å². The second-order valence-corrected chi connectivity index (χ2v) is 4.57. The van der Waals surface area contributed by atoms with Gasteiger partial charge >= 0.3 is 0 Å². The van der Waals surface area contributed by atoms with E-state index in [2.05, 4.69) is 4.98 Å². The van der Waals surface area contributed by atoms with Crippen molar-refractivity contribution in [2.45, 2.75) is 12.8 Å². The molecule has 0 bridgehead atoms. The summed E-state index contributed by atoms with van der Waals surface area (Å²) in [5, 5.41) is 0. The topological polar surface area (TPSA) is 30.0 Å². The first-order valence-corrected chi connectivity index (χ1v) is 6.02. The van der Waals surface area contributed by atoms with Gasteiger partial charge < -0.3 is 0 Å². The minimum Gasteiger partial charge on any atom is -0.298 e. The van der Waals surface area contributed by atoms with E-state index >= 15 is 0 Å². The summed E-state index contributed by atoms with van der Waals surface area (Å²) < 4.78 is 0. The van der Waals surface area contributed by atoms with Crippen LogP contribution in [0.5, 0.6) is 0 Å². The molecule has 2 rings (SSSR count). The van der Waals surface area contributed by atoms with E-state index in [0.717, 1.165) is 24.3 Å². The Kier molecular flexibility index (Phi) is 3.19. The van der Waals surface area contributed by atoms with Crippen molar-refractivity contribution in [1.29, 1.82) is 0 Å². The average Bonchev–Trinajstić information content (AvgIpc) is 2.63. The van der Waals surface area contributed by atoms with Crippen molar-refractivity contribution in [2.75, 3.05) is 11.5 Å². The molecule has 0 saturated carbocycles. The minimum absolute atomic E-state index is 0.280. The predicted octanol–water partition coefficient (Wildman–Crippen LogP) is 1.95. The number of hydrogen-bond donors (Lipinski definition) is 0. The van der Waals surface area contributed by atoms with Crippen molar-refractivity contribution in [1.82, 2.24) is 4.98 Å². The quantitative estimate of drug-likeness (QED) is 0.758. The Morgan fingerprint density at radius 3 is 3.07 bits per heavy atom. The zero-order chi connectivity index (χ0) is 9.80. The number of aryl methyl sites for hydroxylation is 1. The fourth-order valence-corrected chi connectivity index (χ4v) is 2.82. The summed E-state index contributed by atoms with van der Waals surface area (Å²) in [6, 6.07) is 5.93. The van der Waals surface area contributed by atoms with E-state index in [1.165, 1.54) is 0 Å². The molecule has 1 saturated heterocycles. The standard InChI is InChI=1S/C11H13NOS/c13-11-8-14-7-9(11)4-5-10-3-1-2-6-12-10/h1-3,6,9H,4-5,7-8H2. The van der Waals surface area contributed by atoms with Crippen molar-refractivity contribution in [3.63, 3.8) is 0 Å². The SMILES string of the molecule is O=C1CSCC1CCc1ccccn1. The number of rotatable bonds is 3. The van der Waals surface area contributed by atoms with Gasteiger partial charge in [-0.05, 0) is 25.0 Å². The molecule has 0 aliphatic carbocycles. The molecule has 2 heterocycles. The Morgan fingerprint density at radius 1 is 1.50 bits per heavy atom. The van der Waals surface area contributed by atoms with Gasteiger partial charge in [0.05, 0.1) is 5.75 Å². The summed E-state index contributed by atoms with van der Waals surface area (Å²) in [4.78, 5) is 15.6. The molecule has 1 aromatic rings. The van der Waals surface area contributed by atoms with Crippen LogP contribution in [0.2, 0.25) is 0 Å². The third-order valence-corrected chi connectivity index (χ3v) is 3.62. The van der Waals surface area contributed by atoms with Gasteiger partial charge in [-0.15, -0.1) is 0 Å². The summed E-state index contributed by atoms with van der Waals surface area (Å²) in [6.45, 7) is 0. The zero-order valence-corrected chi connectivity index (χ0v) is 8.80. The van der Waals surface area contributed by atoms with Gasteiger partial charge in [0.15, 0.2) is 0 Å². The second-order valence-electron chi connectivity index (χ2n) is 3.54. The van der Waals surface area contributed by atoms with Gasteiger partial charge in [0.1, 0.15) is 5.78 Å². The maximum atomic E-state index is 11.4. The van der Waals surface area contributed by atoms with Crippen LogP contribution in [0, 0.1) is 5.92 Å². The number of thioether (sulfide) groups is 1. The monoisotopic (exact) mass is 207 g/mol. The summed E-state index contributed by atoms with van der Waals surface area (Å²) in [6.07, 6.45) is 3.70. The van der Waals surface area contributed by atoms with Crippen LogP contribution in [-0.4, -0.2) is 22.3 Å². The molecule has 1 unspecified atom stereocenters. The van der Waals surface area contributed by atoms with E-state index in [1.54, 1.807) is 18.0 Å². The number of pyridine rings is 1. The van der Waals surface area contributed by atoms with Crippen molar-refractivity contribution in [2.24, 2.45) is 5.92 Å². The van der Waals surface area contributed by atoms with Crippen molar-refractivity contribution >= 4 is 17.5 Å². The molecule has 1 aliphatic rings. The van der Waals surface area contributed by atoms with Gasteiger partial charge in [-0.2, -0.15) is 11.8 Å². The van der Waals surface area contributed by atoms with Crippen LogP contribution in [-0.2, 0) is 11.2 Å². The van der Waals surface area contributed by atoms with Gasteiger partial charge in [0.25, 0.3) is 0 Å². The molecule has 0 amide bonds. The summed E-state index contributed by atoms with van der Waals surface area (Å²) >= 11 is 1.76. The maximum absolute atomic E-state index is 11.4. The summed E-state index contributed by atoms with van der Waals surface area (Å²) in [5.74, 6) is 2.42. The Hall–Kier alpha value is -0.830. The third-order valence-electron chi connectivity index (χ3n) is 2.49. The van der Waals surface area contributed by atoms with E-state index in [-0.39, 0.29) is 5.92 Å². The molecular weight excluding hydrogens is 194 g/mol. The number of aromatic nitrogens is 1. The van der Waals surface area contributed by atoms with E-state index in [1.807, 2.05) is 18.2 Å². The van der Waals surface area contributed by atoms with Crippen molar-refractivity contribution in [3.8, 4) is 0 Å². The van der Waals surface area contributed by atoms with Crippen LogP contribution in [0.4, 0.5) is 0 Å². The smallest absolute Gasteiger partial charge is 0.146 e. The Labute approximate surface area is 88.1 Å². The highest BCUT2D eigenvalue weighted by atomic mass is 32.2. The predicted molar refractivity (Wildman–Crippen MR) is 58.4 cm³/mol. The van der Waals surface area contributed by atoms with Crippen LogP contribution in [0.1, 0.15) is 12.1 Å². The van der Waals surface area contributed by atoms with Gasteiger partial charge in [-0.3, -0.25) is 9.78 Å². The highest BCUT2D eigenvalue weighted by molar-refractivity contribution is 8.00. The molecule has 1 aromatic heterocycles. The Morgan fingerprint density at radius 2 is 2.43 bits per heavy atom. The fraction of sp³-hybridized carbons (Fsp3) is 0.455. The van der Waals surface area contributed by atoms with Crippen LogP contribution in [0.25, 0.3) is 0 Å². The number of nitrogens with zero attached hydrogens (tertiary/aromatic N) is 1.